The summed E-state index contributed by atoms with van der Waals surface area (Å²) in [4.78, 5) is 68.5. The Morgan fingerprint density at radius 3 is 1.60 bits per heavy atom. The minimum atomic E-state index is -1.32. The van der Waals surface area contributed by atoms with Crippen molar-refractivity contribution in [1.82, 2.24) is 14.7 Å². The van der Waals surface area contributed by atoms with Gasteiger partial charge >= 0.3 is 17.9 Å². The summed E-state index contributed by atoms with van der Waals surface area (Å²) in [6.07, 6.45) is -5.23. The maximum atomic E-state index is 13.2. The second-order valence-electron chi connectivity index (χ2n) is 11.3. The number of carbonyl (C=O) groups is 5. The van der Waals surface area contributed by atoms with Crippen molar-refractivity contribution in [3.8, 4) is 0 Å². The Balaban J connectivity index is 1.88. The molecule has 2 amide bonds. The number of ether oxygens (including phenoxy) is 4. The van der Waals surface area contributed by atoms with E-state index in [0.29, 0.717) is 26.2 Å². The summed E-state index contributed by atoms with van der Waals surface area (Å²) in [6.45, 7) is 8.06. The van der Waals surface area contributed by atoms with Gasteiger partial charge in [0.25, 0.3) is 0 Å². The number of esters is 3. The van der Waals surface area contributed by atoms with Crippen molar-refractivity contribution in [1.29, 1.82) is 0 Å². The highest BCUT2D eigenvalue weighted by Crippen LogP contribution is 2.37. The van der Waals surface area contributed by atoms with E-state index in [0.717, 1.165) is 16.0 Å². The Kier molecular flexibility index (Phi) is 11.4. The zero-order valence-corrected chi connectivity index (χ0v) is 26.3. The van der Waals surface area contributed by atoms with Gasteiger partial charge in [0.05, 0.1) is 6.17 Å². The first kappa shape index (κ1) is 33.8. The maximum absolute atomic E-state index is 13.2. The first-order chi connectivity index (χ1) is 21.5. The zero-order chi connectivity index (χ0) is 32.7. The van der Waals surface area contributed by atoms with Gasteiger partial charge in [0, 0.05) is 60.8 Å². The molecule has 2 fully saturated rings. The monoisotopic (exact) mass is 623 g/mol. The molecule has 5 atom stereocenters. The molecule has 2 heterocycles. The summed E-state index contributed by atoms with van der Waals surface area (Å²) >= 11 is 0. The molecule has 0 aromatic heterocycles. The highest BCUT2D eigenvalue weighted by Gasteiger charge is 2.58. The molecular weight excluding hydrogens is 582 g/mol. The van der Waals surface area contributed by atoms with Gasteiger partial charge in [-0.05, 0) is 11.1 Å². The quantitative estimate of drug-likeness (QED) is 0.285. The third-order valence-corrected chi connectivity index (χ3v) is 7.90. The number of hydrogen-bond acceptors (Lipinski definition) is 11. The van der Waals surface area contributed by atoms with Gasteiger partial charge in [0.2, 0.25) is 11.8 Å². The van der Waals surface area contributed by atoms with Gasteiger partial charge in [0.15, 0.2) is 12.2 Å². The van der Waals surface area contributed by atoms with Crippen molar-refractivity contribution < 1.29 is 42.9 Å². The smallest absolute Gasteiger partial charge is 0.303 e. The van der Waals surface area contributed by atoms with Gasteiger partial charge in [-0.1, -0.05) is 60.7 Å². The summed E-state index contributed by atoms with van der Waals surface area (Å²) in [7, 11) is 0. The molecule has 0 spiro atoms. The summed E-state index contributed by atoms with van der Waals surface area (Å²) in [5.41, 5.74) is 2.08. The average molecular weight is 624 g/mol. The van der Waals surface area contributed by atoms with Gasteiger partial charge in [-0.15, -0.1) is 0 Å². The zero-order valence-electron chi connectivity index (χ0n) is 26.3. The molecule has 12 heteroatoms. The van der Waals surface area contributed by atoms with Crippen molar-refractivity contribution >= 4 is 29.7 Å². The Morgan fingerprint density at radius 1 is 0.711 bits per heavy atom. The van der Waals surface area contributed by atoms with Crippen molar-refractivity contribution in [2.75, 3.05) is 19.7 Å². The van der Waals surface area contributed by atoms with Crippen LogP contribution in [-0.4, -0.2) is 101 Å². The third-order valence-electron chi connectivity index (χ3n) is 7.90. The van der Waals surface area contributed by atoms with E-state index in [-0.39, 0.29) is 6.61 Å². The fraction of sp³-hybridized carbons (Fsp3) is 0.485. The van der Waals surface area contributed by atoms with Crippen molar-refractivity contribution in [3.05, 3.63) is 71.8 Å². The van der Waals surface area contributed by atoms with Crippen LogP contribution in [-0.2, 0) is 56.0 Å². The van der Waals surface area contributed by atoms with Crippen LogP contribution in [0.1, 0.15) is 45.7 Å². The van der Waals surface area contributed by atoms with Crippen LogP contribution in [0.2, 0.25) is 0 Å². The van der Waals surface area contributed by atoms with Crippen molar-refractivity contribution in [2.45, 2.75) is 84.3 Å². The number of hydrogen-bond donors (Lipinski definition) is 0. The van der Waals surface area contributed by atoms with E-state index in [1.807, 2.05) is 60.7 Å². The SMILES string of the molecule is CC(=O)OC[C@H]1O[C@@H](C2N(Cc3ccccc3)CCN2Cc2ccccc2)[C@H](N(C(C)=O)C(C)=O)[C@@H](OC(C)=O)[C@@H]1OC(C)=O. The predicted octanol–water partition coefficient (Wildman–Crippen LogP) is 2.29. The first-order valence-corrected chi connectivity index (χ1v) is 15.0. The second-order valence-corrected chi connectivity index (χ2v) is 11.3. The maximum Gasteiger partial charge on any atom is 0.303 e. The standard InChI is InChI=1S/C33H41N3O9/c1-21(37)36(22(2)38)29-31(44-25(5)41)30(43-24(4)40)28(20-42-23(3)39)45-32(29)33-34(18-26-12-8-6-9-13-26)16-17-35(33)19-27-14-10-7-11-15-27/h6-15,28-33H,16-20H2,1-5H3/t28-,29-,30-,31-,32-/m1/s1. The van der Waals surface area contributed by atoms with E-state index in [9.17, 15) is 24.0 Å². The molecule has 2 aromatic rings. The lowest BCUT2D eigenvalue weighted by Crippen LogP contribution is -2.72. The third kappa shape index (κ3) is 8.53. The Bertz CT molecular complexity index is 1290. The minimum absolute atomic E-state index is 0.321. The summed E-state index contributed by atoms with van der Waals surface area (Å²) in [5, 5.41) is 0. The Morgan fingerprint density at radius 2 is 1.18 bits per heavy atom. The molecule has 2 saturated heterocycles. The number of carbonyl (C=O) groups excluding carboxylic acids is 5. The summed E-state index contributed by atoms with van der Waals surface area (Å²) in [5.74, 6) is -3.20. The average Bonchev–Trinajstić information content (AvgIpc) is 3.35. The van der Waals surface area contributed by atoms with Crippen LogP contribution in [0.25, 0.3) is 0 Å². The van der Waals surface area contributed by atoms with Crippen LogP contribution in [0.5, 0.6) is 0 Å². The number of rotatable bonds is 10. The number of imide groups is 1. The lowest BCUT2D eigenvalue weighted by atomic mass is 9.88. The van der Waals surface area contributed by atoms with Crippen LogP contribution < -0.4 is 0 Å². The predicted molar refractivity (Wildman–Crippen MR) is 161 cm³/mol. The molecule has 0 N–H and O–H groups in total. The van der Waals surface area contributed by atoms with Crippen molar-refractivity contribution in [3.63, 3.8) is 0 Å². The van der Waals surface area contributed by atoms with Crippen molar-refractivity contribution in [2.24, 2.45) is 0 Å². The van der Waals surface area contributed by atoms with Gasteiger partial charge in [0.1, 0.15) is 24.9 Å². The number of amides is 2. The lowest BCUT2D eigenvalue weighted by Gasteiger charge is -2.51. The van der Waals surface area contributed by atoms with Gasteiger partial charge in [-0.2, -0.15) is 0 Å². The van der Waals surface area contributed by atoms with Crippen LogP contribution in [0.15, 0.2) is 60.7 Å². The minimum Gasteiger partial charge on any atom is -0.463 e. The number of benzene rings is 2. The molecule has 0 bridgehead atoms. The first-order valence-electron chi connectivity index (χ1n) is 15.0. The molecule has 0 aliphatic carbocycles. The molecular formula is C33H41N3O9. The Hall–Kier alpha value is -4.13. The van der Waals surface area contributed by atoms with Crippen LogP contribution in [0.4, 0.5) is 0 Å². The molecule has 2 aliphatic rings. The molecule has 12 nitrogen and oxygen atoms in total. The molecule has 45 heavy (non-hydrogen) atoms. The highest BCUT2D eigenvalue weighted by molar-refractivity contribution is 5.93. The Labute approximate surface area is 263 Å². The fourth-order valence-corrected chi connectivity index (χ4v) is 6.28. The van der Waals surface area contributed by atoms with Crippen LogP contribution in [0.3, 0.4) is 0 Å². The van der Waals surface area contributed by atoms with Crippen LogP contribution in [0, 0.1) is 0 Å². The molecule has 0 unspecified atom stereocenters. The van der Waals surface area contributed by atoms with E-state index >= 15 is 0 Å². The molecule has 0 saturated carbocycles. The second kappa shape index (κ2) is 15.2. The van der Waals surface area contributed by atoms with E-state index in [4.69, 9.17) is 18.9 Å². The van der Waals surface area contributed by atoms with Crippen LogP contribution >= 0.6 is 0 Å². The highest BCUT2D eigenvalue weighted by atomic mass is 16.6. The number of nitrogens with zero attached hydrogens (tertiary/aromatic N) is 3. The molecule has 2 aliphatic heterocycles. The largest absolute Gasteiger partial charge is 0.463 e. The topological polar surface area (TPSA) is 132 Å². The molecule has 0 radical (unpaired) electrons. The van der Waals surface area contributed by atoms with E-state index < -0.39 is 66.3 Å². The van der Waals surface area contributed by atoms with Gasteiger partial charge in [-0.25, -0.2) is 0 Å². The summed E-state index contributed by atoms with van der Waals surface area (Å²) in [6, 6.07) is 18.5. The normalized spacial score (nSPS) is 24.1. The van der Waals surface area contributed by atoms with E-state index in [1.165, 1.54) is 34.6 Å². The molecule has 2 aromatic carbocycles. The molecule has 242 valence electrons. The molecule has 4 rings (SSSR count). The van der Waals surface area contributed by atoms with E-state index in [1.54, 1.807) is 0 Å². The summed E-state index contributed by atoms with van der Waals surface area (Å²) < 4.78 is 23.5. The van der Waals surface area contributed by atoms with Gasteiger partial charge < -0.3 is 18.9 Å². The fourth-order valence-electron chi connectivity index (χ4n) is 6.28. The van der Waals surface area contributed by atoms with Gasteiger partial charge in [-0.3, -0.25) is 38.7 Å². The lowest BCUT2D eigenvalue weighted by molar-refractivity contribution is -0.249. The van der Waals surface area contributed by atoms with E-state index in [2.05, 4.69) is 9.80 Å².